The number of hydrogen-bond acceptors (Lipinski definition) is 5. The molecule has 7 nitrogen and oxygen atoms in total. The minimum absolute atomic E-state index is 0.110. The lowest BCUT2D eigenvalue weighted by Gasteiger charge is -2.40. The normalized spacial score (nSPS) is 24.9. The van der Waals surface area contributed by atoms with Crippen molar-refractivity contribution in [2.45, 2.75) is 38.8 Å². The summed E-state index contributed by atoms with van der Waals surface area (Å²) in [5.41, 5.74) is -1.16. The number of carbonyl (C=O) groups is 1. The highest BCUT2D eigenvalue weighted by atomic mass is 79.9. The molecule has 1 amide bonds. The minimum Gasteiger partial charge on any atom is -0.442 e. The summed E-state index contributed by atoms with van der Waals surface area (Å²) in [5.74, 6) is -0.339. The zero-order chi connectivity index (χ0) is 19.2. The molecule has 0 saturated carbocycles. The van der Waals surface area contributed by atoms with Crippen molar-refractivity contribution in [3.8, 4) is 0 Å². The van der Waals surface area contributed by atoms with Crippen LogP contribution >= 0.6 is 38.9 Å². The van der Waals surface area contributed by atoms with Gasteiger partial charge in [0.05, 0.1) is 19.4 Å². The Bertz CT molecular complexity index is 832. The van der Waals surface area contributed by atoms with Crippen molar-refractivity contribution < 1.29 is 17.9 Å². The lowest BCUT2D eigenvalue weighted by Crippen LogP contribution is -2.61. The Morgan fingerprint density at radius 2 is 2.12 bits per heavy atom. The van der Waals surface area contributed by atoms with Crippen molar-refractivity contribution in [2.75, 3.05) is 12.8 Å². The van der Waals surface area contributed by atoms with E-state index in [0.717, 1.165) is 8.09 Å². The maximum absolute atomic E-state index is 12.6. The molecule has 2 heterocycles. The van der Waals surface area contributed by atoms with Crippen molar-refractivity contribution in [1.82, 2.24) is 9.62 Å². The number of thiophene rings is 1. The van der Waals surface area contributed by atoms with Gasteiger partial charge in [-0.2, -0.15) is 0 Å². The van der Waals surface area contributed by atoms with E-state index in [9.17, 15) is 13.2 Å². The minimum atomic E-state index is -3.70. The molecule has 1 aliphatic heterocycles. The standard InChI is InChI=1S/C14H19BrClN3O4S2/c1-13(2,3)23-12(20)17-11-18-14(4,7-25(21,22)19(11)5)8-6-9(15)24-10(8)16/h6H,7H2,1-5H3,(H,17,18,20)/t14-/m0/s1. The summed E-state index contributed by atoms with van der Waals surface area (Å²) in [6, 6.07) is 1.76. The molecule has 25 heavy (non-hydrogen) atoms. The van der Waals surface area contributed by atoms with Gasteiger partial charge >= 0.3 is 6.09 Å². The molecule has 140 valence electrons. The third-order valence-electron chi connectivity index (χ3n) is 3.42. The van der Waals surface area contributed by atoms with Crippen molar-refractivity contribution in [2.24, 2.45) is 4.99 Å². The van der Waals surface area contributed by atoms with Crippen LogP contribution in [-0.4, -0.2) is 43.2 Å². The number of amides is 1. The number of hydrogen-bond donors (Lipinski definition) is 1. The number of halogens is 2. The maximum Gasteiger partial charge on any atom is 0.437 e. The number of sulfonamides is 1. The highest BCUT2D eigenvalue weighted by Gasteiger charge is 2.44. The summed E-state index contributed by atoms with van der Waals surface area (Å²) in [6.45, 7) is 6.80. The fourth-order valence-corrected chi connectivity index (χ4v) is 6.04. The van der Waals surface area contributed by atoms with E-state index in [2.05, 4.69) is 26.2 Å². The molecule has 0 spiro atoms. The Morgan fingerprint density at radius 3 is 2.60 bits per heavy atom. The molecule has 0 unspecified atom stereocenters. The molecular formula is C14H19BrClN3O4S2. The molecule has 1 aromatic rings. The van der Waals surface area contributed by atoms with Crippen LogP contribution in [0.5, 0.6) is 0 Å². The molecule has 0 aromatic carbocycles. The highest BCUT2D eigenvalue weighted by Crippen LogP contribution is 2.40. The van der Waals surface area contributed by atoms with Gasteiger partial charge in [-0.15, -0.1) is 16.3 Å². The monoisotopic (exact) mass is 471 g/mol. The topological polar surface area (TPSA) is 88.1 Å². The number of nitrogens with one attached hydrogen (secondary N) is 1. The van der Waals surface area contributed by atoms with Gasteiger partial charge in [-0.25, -0.2) is 17.5 Å². The first-order valence-electron chi connectivity index (χ1n) is 7.25. The summed E-state index contributed by atoms with van der Waals surface area (Å²) in [6.07, 6.45) is -0.876. The second kappa shape index (κ2) is 6.71. The molecule has 0 radical (unpaired) electrons. The van der Waals surface area contributed by atoms with E-state index in [4.69, 9.17) is 16.3 Å². The summed E-state index contributed by atoms with van der Waals surface area (Å²) in [4.78, 5) is 15.8. The highest BCUT2D eigenvalue weighted by molar-refractivity contribution is 9.11. The predicted molar refractivity (Wildman–Crippen MR) is 103 cm³/mol. The van der Waals surface area contributed by atoms with Gasteiger partial charge in [0, 0.05) is 12.6 Å². The number of carbonyl (C=O) groups excluding carboxylic acids is 1. The van der Waals surface area contributed by atoms with E-state index >= 15 is 0 Å². The molecule has 1 aromatic heterocycles. The lowest BCUT2D eigenvalue weighted by atomic mass is 9.97. The largest absolute Gasteiger partial charge is 0.442 e. The first-order valence-corrected chi connectivity index (χ1v) is 10.8. The van der Waals surface area contributed by atoms with E-state index < -0.39 is 27.3 Å². The molecule has 1 fully saturated rings. The van der Waals surface area contributed by atoms with Crippen LogP contribution in [0.1, 0.15) is 33.3 Å². The zero-order valence-electron chi connectivity index (χ0n) is 14.4. The Morgan fingerprint density at radius 1 is 1.52 bits per heavy atom. The molecule has 2 rings (SSSR count). The van der Waals surface area contributed by atoms with Crippen LogP contribution in [-0.2, 0) is 20.3 Å². The van der Waals surface area contributed by atoms with Gasteiger partial charge in [0.1, 0.15) is 5.60 Å². The number of guanidine groups is 1. The van der Waals surface area contributed by atoms with Crippen LogP contribution in [0.3, 0.4) is 0 Å². The van der Waals surface area contributed by atoms with Crippen LogP contribution in [0.2, 0.25) is 4.34 Å². The van der Waals surface area contributed by atoms with Crippen molar-refractivity contribution in [1.29, 1.82) is 0 Å². The number of ether oxygens (including phenoxy) is 1. The molecule has 1 aliphatic rings. The van der Waals surface area contributed by atoms with Gasteiger partial charge in [-0.3, -0.25) is 0 Å². The van der Waals surface area contributed by atoms with Crippen LogP contribution in [0.4, 0.5) is 4.79 Å². The Balaban J connectivity index is 2.45. The second-order valence-corrected chi connectivity index (χ2v) is 11.9. The Kier molecular flexibility index (Phi) is 5.50. The molecule has 0 bridgehead atoms. The number of aliphatic imine (C=N–C) groups is 1. The predicted octanol–water partition coefficient (Wildman–Crippen LogP) is 3.54. The van der Waals surface area contributed by atoms with Crippen LogP contribution in [0.25, 0.3) is 0 Å². The van der Waals surface area contributed by atoms with Crippen molar-refractivity contribution in [3.63, 3.8) is 0 Å². The summed E-state index contributed by atoms with van der Waals surface area (Å²) in [7, 11) is -2.37. The molecule has 11 heteroatoms. The number of nitrogens with zero attached hydrogens (tertiary/aromatic N) is 2. The van der Waals surface area contributed by atoms with Crippen LogP contribution in [0, 0.1) is 0 Å². The molecular weight excluding hydrogens is 454 g/mol. The van der Waals surface area contributed by atoms with E-state index in [1.54, 1.807) is 33.8 Å². The van der Waals surface area contributed by atoms with Gasteiger partial charge in [0.15, 0.2) is 0 Å². The van der Waals surface area contributed by atoms with Gasteiger partial charge in [-0.05, 0) is 49.7 Å². The van der Waals surface area contributed by atoms with E-state index in [1.165, 1.54) is 18.4 Å². The molecule has 1 saturated heterocycles. The van der Waals surface area contributed by atoms with E-state index in [-0.39, 0.29) is 11.7 Å². The van der Waals surface area contributed by atoms with E-state index in [1.807, 2.05) is 0 Å². The maximum atomic E-state index is 12.6. The Labute approximate surface area is 164 Å². The summed E-state index contributed by atoms with van der Waals surface area (Å²) in [5, 5.41) is 3.02. The zero-order valence-corrected chi connectivity index (χ0v) is 18.4. The molecule has 1 N–H and O–H groups in total. The van der Waals surface area contributed by atoms with Gasteiger partial charge in [0.2, 0.25) is 16.0 Å². The summed E-state index contributed by atoms with van der Waals surface area (Å²) < 4.78 is 32.4. The Hall–Kier alpha value is -0.840. The fourth-order valence-electron chi connectivity index (χ4n) is 2.29. The average molecular weight is 473 g/mol. The van der Waals surface area contributed by atoms with Gasteiger partial charge in [0.25, 0.3) is 0 Å². The van der Waals surface area contributed by atoms with Crippen LogP contribution < -0.4 is 5.32 Å². The summed E-state index contributed by atoms with van der Waals surface area (Å²) >= 11 is 10.9. The molecule has 1 atom stereocenters. The average Bonchev–Trinajstić information content (AvgIpc) is 2.72. The first kappa shape index (κ1) is 20.5. The number of rotatable bonds is 1. The quantitative estimate of drug-likeness (QED) is 0.675. The second-order valence-electron chi connectivity index (χ2n) is 6.83. The van der Waals surface area contributed by atoms with Crippen LogP contribution in [0.15, 0.2) is 14.8 Å². The smallest absolute Gasteiger partial charge is 0.437 e. The molecule has 0 aliphatic carbocycles. The SMILES string of the molecule is CN1/C(=N/C(=O)OC(C)(C)C)N[C@](C)(c2cc(Br)sc2Cl)CS1(=O)=O. The van der Waals surface area contributed by atoms with E-state index in [0.29, 0.717) is 9.90 Å². The van der Waals surface area contributed by atoms with Crippen molar-refractivity contribution in [3.05, 3.63) is 19.8 Å². The van der Waals surface area contributed by atoms with Gasteiger partial charge in [-0.1, -0.05) is 11.6 Å². The first-order chi connectivity index (χ1) is 11.2. The lowest BCUT2D eigenvalue weighted by molar-refractivity contribution is 0.0602. The third-order valence-corrected chi connectivity index (χ3v) is 7.23. The fraction of sp³-hybridized carbons (Fsp3) is 0.571. The third kappa shape index (κ3) is 4.66. The van der Waals surface area contributed by atoms with Gasteiger partial charge < -0.3 is 10.1 Å². The van der Waals surface area contributed by atoms with Crippen molar-refractivity contribution >= 4 is 60.9 Å².